The highest BCUT2D eigenvalue weighted by molar-refractivity contribution is 14.0. The number of aromatic nitrogens is 1. The van der Waals surface area contributed by atoms with Gasteiger partial charge in [0.15, 0.2) is 5.96 Å². The van der Waals surface area contributed by atoms with Crippen molar-refractivity contribution in [3.63, 3.8) is 0 Å². The molecule has 0 aliphatic carbocycles. The zero-order chi connectivity index (χ0) is 15.9. The van der Waals surface area contributed by atoms with E-state index in [1.165, 1.54) is 16.0 Å². The van der Waals surface area contributed by atoms with Crippen LogP contribution in [0.5, 0.6) is 0 Å². The molecule has 2 rings (SSSR count). The minimum Gasteiger partial charge on any atom is -0.357 e. The summed E-state index contributed by atoms with van der Waals surface area (Å²) in [7, 11) is 0. The number of benzene rings is 1. The third kappa shape index (κ3) is 6.47. The standard InChI is InChI=1S/C17H24N4S.HI/c1-5-18-17(19-10-15-8-6-7-12(2)9-15)20-11-16-13(3)21-14(4)22-16;/h6-9H,5,10-11H2,1-4H3,(H2,18,19,20);1H. The average molecular weight is 444 g/mol. The van der Waals surface area contributed by atoms with Crippen LogP contribution in [0.15, 0.2) is 29.3 Å². The van der Waals surface area contributed by atoms with Gasteiger partial charge in [-0.15, -0.1) is 35.3 Å². The molecule has 2 N–H and O–H groups in total. The van der Waals surface area contributed by atoms with Crippen molar-refractivity contribution in [2.45, 2.75) is 40.8 Å². The largest absolute Gasteiger partial charge is 0.357 e. The number of aliphatic imine (C=N–C) groups is 1. The van der Waals surface area contributed by atoms with Crippen LogP contribution >= 0.6 is 35.3 Å². The van der Waals surface area contributed by atoms with Gasteiger partial charge in [-0.1, -0.05) is 29.8 Å². The highest BCUT2D eigenvalue weighted by Gasteiger charge is 2.05. The number of guanidine groups is 1. The van der Waals surface area contributed by atoms with E-state index in [4.69, 9.17) is 0 Å². The number of nitrogens with one attached hydrogen (secondary N) is 2. The van der Waals surface area contributed by atoms with Gasteiger partial charge in [0, 0.05) is 11.4 Å². The predicted molar refractivity (Wildman–Crippen MR) is 110 cm³/mol. The van der Waals surface area contributed by atoms with E-state index in [1.807, 2.05) is 6.92 Å². The fourth-order valence-electron chi connectivity index (χ4n) is 2.22. The highest BCUT2D eigenvalue weighted by Crippen LogP contribution is 2.16. The van der Waals surface area contributed by atoms with Crippen molar-refractivity contribution < 1.29 is 0 Å². The van der Waals surface area contributed by atoms with Gasteiger partial charge in [-0.05, 0) is 33.3 Å². The number of aryl methyl sites for hydroxylation is 3. The van der Waals surface area contributed by atoms with Crippen LogP contribution in [0, 0.1) is 20.8 Å². The summed E-state index contributed by atoms with van der Waals surface area (Å²) in [4.78, 5) is 10.4. The Hall–Kier alpha value is -1.15. The molecule has 4 nitrogen and oxygen atoms in total. The van der Waals surface area contributed by atoms with Gasteiger partial charge in [0.05, 0.1) is 23.8 Å². The number of thiazole rings is 1. The lowest BCUT2D eigenvalue weighted by atomic mass is 10.1. The van der Waals surface area contributed by atoms with Crippen LogP contribution in [-0.2, 0) is 13.1 Å². The first-order valence-corrected chi connectivity index (χ1v) is 8.40. The zero-order valence-electron chi connectivity index (χ0n) is 14.1. The molecule has 2 aromatic rings. The second kappa shape index (κ2) is 9.87. The van der Waals surface area contributed by atoms with Crippen molar-refractivity contribution in [2.24, 2.45) is 4.99 Å². The topological polar surface area (TPSA) is 49.3 Å². The van der Waals surface area contributed by atoms with Crippen molar-refractivity contribution in [1.82, 2.24) is 15.6 Å². The lowest BCUT2D eigenvalue weighted by molar-refractivity contribution is 0.818. The number of hydrogen-bond acceptors (Lipinski definition) is 3. The molecule has 0 saturated heterocycles. The summed E-state index contributed by atoms with van der Waals surface area (Å²) >= 11 is 1.73. The van der Waals surface area contributed by atoms with Crippen LogP contribution in [0.2, 0.25) is 0 Å². The third-order valence-electron chi connectivity index (χ3n) is 3.26. The Morgan fingerprint density at radius 2 is 2.00 bits per heavy atom. The monoisotopic (exact) mass is 444 g/mol. The number of nitrogens with zero attached hydrogens (tertiary/aromatic N) is 2. The van der Waals surface area contributed by atoms with Crippen molar-refractivity contribution in [1.29, 1.82) is 0 Å². The fraction of sp³-hybridized carbons (Fsp3) is 0.412. The maximum atomic E-state index is 4.66. The van der Waals surface area contributed by atoms with E-state index in [2.05, 4.69) is 65.6 Å². The summed E-state index contributed by atoms with van der Waals surface area (Å²) < 4.78 is 0. The van der Waals surface area contributed by atoms with E-state index in [1.54, 1.807) is 11.3 Å². The molecule has 0 aliphatic heterocycles. The summed E-state index contributed by atoms with van der Waals surface area (Å²) in [5.41, 5.74) is 3.59. The molecule has 0 spiro atoms. The third-order valence-corrected chi connectivity index (χ3v) is 4.34. The molecule has 0 radical (unpaired) electrons. The van der Waals surface area contributed by atoms with Crippen LogP contribution in [0.3, 0.4) is 0 Å². The minimum absolute atomic E-state index is 0. The van der Waals surface area contributed by atoms with E-state index in [0.29, 0.717) is 6.54 Å². The zero-order valence-corrected chi connectivity index (χ0v) is 17.3. The van der Waals surface area contributed by atoms with Crippen LogP contribution in [0.4, 0.5) is 0 Å². The summed E-state index contributed by atoms with van der Waals surface area (Å²) in [6.45, 7) is 10.6. The molecule has 0 fully saturated rings. The number of rotatable bonds is 5. The summed E-state index contributed by atoms with van der Waals surface area (Å²) in [5, 5.41) is 7.78. The Morgan fingerprint density at radius 1 is 1.22 bits per heavy atom. The van der Waals surface area contributed by atoms with E-state index < -0.39 is 0 Å². The van der Waals surface area contributed by atoms with E-state index in [-0.39, 0.29) is 24.0 Å². The molecule has 0 unspecified atom stereocenters. The van der Waals surface area contributed by atoms with Crippen molar-refractivity contribution in [3.05, 3.63) is 51.0 Å². The summed E-state index contributed by atoms with van der Waals surface area (Å²) in [6, 6.07) is 8.45. The first kappa shape index (κ1) is 19.9. The van der Waals surface area contributed by atoms with E-state index in [0.717, 1.165) is 29.8 Å². The van der Waals surface area contributed by atoms with Gasteiger partial charge in [0.25, 0.3) is 0 Å². The highest BCUT2D eigenvalue weighted by atomic mass is 127. The molecular weight excluding hydrogens is 419 g/mol. The molecule has 126 valence electrons. The van der Waals surface area contributed by atoms with Crippen molar-refractivity contribution in [2.75, 3.05) is 6.54 Å². The second-order valence-corrected chi connectivity index (χ2v) is 6.57. The van der Waals surface area contributed by atoms with Crippen molar-refractivity contribution >= 4 is 41.3 Å². The maximum Gasteiger partial charge on any atom is 0.191 e. The Kier molecular flexibility index (Phi) is 8.54. The minimum atomic E-state index is 0. The van der Waals surface area contributed by atoms with E-state index in [9.17, 15) is 0 Å². The van der Waals surface area contributed by atoms with Gasteiger partial charge in [0.1, 0.15) is 0 Å². The second-order valence-electron chi connectivity index (χ2n) is 5.28. The Bertz CT molecular complexity index is 652. The summed E-state index contributed by atoms with van der Waals surface area (Å²) in [6.07, 6.45) is 0. The normalized spacial score (nSPS) is 11.0. The maximum absolute atomic E-state index is 4.66. The SMILES string of the molecule is CCNC(=NCc1cccc(C)c1)NCc1sc(C)nc1C.I. The molecule has 6 heteroatoms. The van der Waals surface area contributed by atoms with Gasteiger partial charge >= 0.3 is 0 Å². The van der Waals surface area contributed by atoms with Gasteiger partial charge in [-0.2, -0.15) is 0 Å². The molecule has 0 bridgehead atoms. The lowest BCUT2D eigenvalue weighted by Crippen LogP contribution is -2.36. The average Bonchev–Trinajstić information content (AvgIpc) is 2.80. The van der Waals surface area contributed by atoms with Gasteiger partial charge in [-0.3, -0.25) is 0 Å². The van der Waals surface area contributed by atoms with Gasteiger partial charge < -0.3 is 10.6 Å². The van der Waals surface area contributed by atoms with Gasteiger partial charge in [0.2, 0.25) is 0 Å². The number of halogens is 1. The van der Waals surface area contributed by atoms with Crippen molar-refractivity contribution in [3.8, 4) is 0 Å². The quantitative estimate of drug-likeness (QED) is 0.417. The van der Waals surface area contributed by atoms with Crippen LogP contribution in [0.1, 0.15) is 33.6 Å². The molecule has 1 aromatic carbocycles. The Balaban J connectivity index is 0.00000264. The molecule has 23 heavy (non-hydrogen) atoms. The fourth-order valence-corrected chi connectivity index (χ4v) is 3.10. The van der Waals surface area contributed by atoms with Crippen LogP contribution < -0.4 is 10.6 Å². The summed E-state index contributed by atoms with van der Waals surface area (Å²) in [5.74, 6) is 0.842. The van der Waals surface area contributed by atoms with Crippen LogP contribution in [-0.4, -0.2) is 17.5 Å². The molecule has 0 aliphatic rings. The molecule has 0 saturated carbocycles. The Morgan fingerprint density at radius 3 is 2.61 bits per heavy atom. The molecular formula is C17H25IN4S. The first-order chi connectivity index (χ1) is 10.6. The van der Waals surface area contributed by atoms with E-state index >= 15 is 0 Å². The number of hydrogen-bond donors (Lipinski definition) is 2. The molecule has 0 atom stereocenters. The molecule has 1 aromatic heterocycles. The van der Waals surface area contributed by atoms with Gasteiger partial charge in [-0.25, -0.2) is 9.98 Å². The molecule has 1 heterocycles. The van der Waals surface area contributed by atoms with Crippen LogP contribution in [0.25, 0.3) is 0 Å². The first-order valence-electron chi connectivity index (χ1n) is 7.59. The lowest BCUT2D eigenvalue weighted by Gasteiger charge is -2.11. The Labute approximate surface area is 159 Å². The smallest absolute Gasteiger partial charge is 0.191 e. The molecule has 0 amide bonds. The predicted octanol–water partition coefficient (Wildman–Crippen LogP) is 3.94.